The van der Waals surface area contributed by atoms with Crippen molar-refractivity contribution in [2.75, 3.05) is 13.1 Å². The van der Waals surface area contributed by atoms with E-state index in [-0.39, 0.29) is 11.8 Å². The summed E-state index contributed by atoms with van der Waals surface area (Å²) in [6.07, 6.45) is -0.686. The molecule has 114 valence electrons. The van der Waals surface area contributed by atoms with Crippen LogP contribution in [0.3, 0.4) is 0 Å². The standard InChI is InChI=1S/C15H19ClN2O3/c1-10(21-12-6-4-5-11(16)9-12)13(19)18-8-7-17-14(20)15(18,2)3/h4-6,9-10H,7-8H2,1-3H3,(H,17,20). The fourth-order valence-electron chi connectivity index (χ4n) is 2.30. The summed E-state index contributed by atoms with van der Waals surface area (Å²) in [5.41, 5.74) is -0.874. The second-order valence-corrected chi connectivity index (χ2v) is 5.96. The molecule has 1 aliphatic heterocycles. The van der Waals surface area contributed by atoms with E-state index in [4.69, 9.17) is 16.3 Å². The maximum absolute atomic E-state index is 12.5. The Morgan fingerprint density at radius 2 is 2.19 bits per heavy atom. The second kappa shape index (κ2) is 5.93. The first-order valence-corrected chi connectivity index (χ1v) is 7.22. The molecule has 0 bridgehead atoms. The summed E-state index contributed by atoms with van der Waals surface area (Å²) in [5.74, 6) is 0.162. The number of halogens is 1. The normalized spacial score (nSPS) is 18.9. The van der Waals surface area contributed by atoms with Crippen LogP contribution in [0.4, 0.5) is 0 Å². The Morgan fingerprint density at radius 1 is 1.48 bits per heavy atom. The van der Waals surface area contributed by atoms with Crippen molar-refractivity contribution in [3.05, 3.63) is 29.3 Å². The zero-order valence-corrected chi connectivity index (χ0v) is 13.1. The predicted molar refractivity (Wildman–Crippen MR) is 80.3 cm³/mol. The van der Waals surface area contributed by atoms with E-state index in [0.29, 0.717) is 23.9 Å². The van der Waals surface area contributed by atoms with Crippen molar-refractivity contribution in [2.24, 2.45) is 0 Å². The fraction of sp³-hybridized carbons (Fsp3) is 0.467. The van der Waals surface area contributed by atoms with Gasteiger partial charge in [0.15, 0.2) is 6.10 Å². The van der Waals surface area contributed by atoms with E-state index in [9.17, 15) is 9.59 Å². The van der Waals surface area contributed by atoms with Crippen molar-refractivity contribution < 1.29 is 14.3 Å². The van der Waals surface area contributed by atoms with Crippen molar-refractivity contribution in [1.82, 2.24) is 10.2 Å². The summed E-state index contributed by atoms with van der Waals surface area (Å²) in [5, 5.41) is 3.31. The first-order valence-electron chi connectivity index (χ1n) is 6.84. The van der Waals surface area contributed by atoms with Gasteiger partial charge in [-0.05, 0) is 39.0 Å². The topological polar surface area (TPSA) is 58.6 Å². The van der Waals surface area contributed by atoms with Crippen LogP contribution < -0.4 is 10.1 Å². The van der Waals surface area contributed by atoms with E-state index < -0.39 is 11.6 Å². The summed E-state index contributed by atoms with van der Waals surface area (Å²) in [6.45, 7) is 6.06. The number of nitrogens with zero attached hydrogens (tertiary/aromatic N) is 1. The Hall–Kier alpha value is -1.75. The van der Waals surface area contributed by atoms with Gasteiger partial charge in [-0.3, -0.25) is 9.59 Å². The third-order valence-electron chi connectivity index (χ3n) is 3.57. The zero-order chi connectivity index (χ0) is 15.6. The number of carbonyl (C=O) groups excluding carboxylic acids is 2. The highest BCUT2D eigenvalue weighted by Gasteiger charge is 2.42. The molecule has 2 amide bonds. The van der Waals surface area contributed by atoms with Crippen LogP contribution in [-0.4, -0.2) is 41.4 Å². The highest BCUT2D eigenvalue weighted by atomic mass is 35.5. The quantitative estimate of drug-likeness (QED) is 0.927. The molecule has 0 aliphatic carbocycles. The molecule has 6 heteroatoms. The van der Waals surface area contributed by atoms with Crippen molar-refractivity contribution in [3.8, 4) is 5.75 Å². The number of carbonyl (C=O) groups is 2. The van der Waals surface area contributed by atoms with E-state index in [1.165, 1.54) is 0 Å². The maximum atomic E-state index is 12.5. The Morgan fingerprint density at radius 3 is 2.86 bits per heavy atom. The molecular formula is C15H19ClN2O3. The fourth-order valence-corrected chi connectivity index (χ4v) is 2.48. The van der Waals surface area contributed by atoms with Crippen LogP contribution in [-0.2, 0) is 9.59 Å². The molecule has 2 rings (SSSR count). The van der Waals surface area contributed by atoms with Crippen LogP contribution in [0, 0.1) is 0 Å². The van der Waals surface area contributed by atoms with E-state index in [0.717, 1.165) is 0 Å². The van der Waals surface area contributed by atoms with E-state index in [1.54, 1.807) is 49.9 Å². The van der Waals surface area contributed by atoms with Gasteiger partial charge in [0, 0.05) is 18.1 Å². The first kappa shape index (κ1) is 15.6. The minimum absolute atomic E-state index is 0.156. The summed E-state index contributed by atoms with van der Waals surface area (Å²) in [6, 6.07) is 6.88. The van der Waals surface area contributed by atoms with Gasteiger partial charge in [0.05, 0.1) is 0 Å². The molecule has 1 atom stereocenters. The van der Waals surface area contributed by atoms with Gasteiger partial charge in [0.25, 0.3) is 5.91 Å². The third kappa shape index (κ3) is 3.29. The first-order chi connectivity index (χ1) is 9.82. The lowest BCUT2D eigenvalue weighted by atomic mass is 9.98. The van der Waals surface area contributed by atoms with E-state index >= 15 is 0 Å². The van der Waals surface area contributed by atoms with Crippen LogP contribution in [0.25, 0.3) is 0 Å². The van der Waals surface area contributed by atoms with Crippen molar-refractivity contribution in [2.45, 2.75) is 32.4 Å². The number of benzene rings is 1. The molecule has 0 saturated carbocycles. The smallest absolute Gasteiger partial charge is 0.264 e. The molecule has 0 spiro atoms. The molecule has 0 radical (unpaired) electrons. The molecule has 1 aromatic rings. The Kier molecular flexibility index (Phi) is 4.42. The molecule has 1 heterocycles. The van der Waals surface area contributed by atoms with Gasteiger partial charge in [0.2, 0.25) is 5.91 Å². The van der Waals surface area contributed by atoms with Gasteiger partial charge in [-0.2, -0.15) is 0 Å². The molecule has 0 aromatic heterocycles. The van der Waals surface area contributed by atoms with Gasteiger partial charge in [0.1, 0.15) is 11.3 Å². The minimum atomic E-state index is -0.874. The van der Waals surface area contributed by atoms with Gasteiger partial charge in [-0.15, -0.1) is 0 Å². The predicted octanol–water partition coefficient (Wildman–Crippen LogP) is 1.84. The second-order valence-electron chi connectivity index (χ2n) is 5.52. The molecule has 5 nitrogen and oxygen atoms in total. The monoisotopic (exact) mass is 310 g/mol. The molecule has 1 aliphatic rings. The van der Waals surface area contributed by atoms with Gasteiger partial charge in [-0.1, -0.05) is 17.7 Å². The van der Waals surface area contributed by atoms with Gasteiger partial charge >= 0.3 is 0 Å². The molecule has 21 heavy (non-hydrogen) atoms. The van der Waals surface area contributed by atoms with Gasteiger partial charge in [-0.25, -0.2) is 0 Å². The molecule has 1 N–H and O–H groups in total. The van der Waals surface area contributed by atoms with Crippen molar-refractivity contribution in [1.29, 1.82) is 0 Å². The number of piperazine rings is 1. The number of rotatable bonds is 3. The lowest BCUT2D eigenvalue weighted by Gasteiger charge is -2.42. The number of amides is 2. The summed E-state index contributed by atoms with van der Waals surface area (Å²) < 4.78 is 5.63. The van der Waals surface area contributed by atoms with Crippen LogP contribution >= 0.6 is 11.6 Å². The molecule has 1 fully saturated rings. The minimum Gasteiger partial charge on any atom is -0.481 e. The van der Waals surface area contributed by atoms with Crippen LogP contribution in [0.2, 0.25) is 5.02 Å². The summed E-state index contributed by atoms with van der Waals surface area (Å²) in [7, 11) is 0. The lowest BCUT2D eigenvalue weighted by molar-refractivity contribution is -0.153. The Balaban J connectivity index is 2.10. The van der Waals surface area contributed by atoms with E-state index in [1.807, 2.05) is 0 Å². The molecular weight excluding hydrogens is 292 g/mol. The van der Waals surface area contributed by atoms with Crippen molar-refractivity contribution >= 4 is 23.4 Å². The average Bonchev–Trinajstić information content (AvgIpc) is 2.41. The van der Waals surface area contributed by atoms with Crippen LogP contribution in [0.1, 0.15) is 20.8 Å². The van der Waals surface area contributed by atoms with Crippen molar-refractivity contribution in [3.63, 3.8) is 0 Å². The Labute approximate surface area is 129 Å². The largest absolute Gasteiger partial charge is 0.481 e. The summed E-state index contributed by atoms with van der Waals surface area (Å²) >= 11 is 5.89. The number of nitrogens with one attached hydrogen (secondary N) is 1. The number of hydrogen-bond donors (Lipinski definition) is 1. The van der Waals surface area contributed by atoms with Gasteiger partial charge < -0.3 is 15.0 Å². The third-order valence-corrected chi connectivity index (χ3v) is 3.81. The van der Waals surface area contributed by atoms with E-state index in [2.05, 4.69) is 5.32 Å². The number of hydrogen-bond acceptors (Lipinski definition) is 3. The zero-order valence-electron chi connectivity index (χ0n) is 12.4. The van der Waals surface area contributed by atoms with Crippen LogP contribution in [0.15, 0.2) is 24.3 Å². The lowest BCUT2D eigenvalue weighted by Crippen LogP contribution is -2.65. The molecule has 1 unspecified atom stereocenters. The average molecular weight is 311 g/mol. The van der Waals surface area contributed by atoms with Crippen LogP contribution in [0.5, 0.6) is 5.75 Å². The molecule has 1 saturated heterocycles. The summed E-state index contributed by atoms with van der Waals surface area (Å²) in [4.78, 5) is 26.0. The SMILES string of the molecule is CC(Oc1cccc(Cl)c1)C(=O)N1CCNC(=O)C1(C)C. The highest BCUT2D eigenvalue weighted by Crippen LogP contribution is 2.22. The number of ether oxygens (including phenoxy) is 1. The molecule has 1 aromatic carbocycles. The Bertz CT molecular complexity index is 560. The maximum Gasteiger partial charge on any atom is 0.264 e. The highest BCUT2D eigenvalue weighted by molar-refractivity contribution is 6.30.